The summed E-state index contributed by atoms with van der Waals surface area (Å²) in [6, 6.07) is 8.47. The molecule has 1 aliphatic rings. The van der Waals surface area contributed by atoms with Gasteiger partial charge in [0.05, 0.1) is 6.54 Å². The quantitative estimate of drug-likeness (QED) is 0.425. The summed E-state index contributed by atoms with van der Waals surface area (Å²) in [6.07, 6.45) is 0. The molecular formula is C18H30IN5O. The second kappa shape index (κ2) is 10.5. The van der Waals surface area contributed by atoms with Crippen LogP contribution in [0.4, 0.5) is 5.69 Å². The maximum Gasteiger partial charge on any atom is 0.219 e. The van der Waals surface area contributed by atoms with Crippen LogP contribution in [0.2, 0.25) is 0 Å². The molecule has 1 amide bonds. The van der Waals surface area contributed by atoms with Crippen LogP contribution in [0.1, 0.15) is 19.4 Å². The third-order valence-electron chi connectivity index (χ3n) is 4.22. The van der Waals surface area contributed by atoms with Gasteiger partial charge in [-0.1, -0.05) is 12.1 Å². The Balaban J connectivity index is 0.00000312. The van der Waals surface area contributed by atoms with Crippen LogP contribution in [0.15, 0.2) is 29.3 Å². The molecule has 1 aliphatic heterocycles. The van der Waals surface area contributed by atoms with Crippen molar-refractivity contribution in [3.8, 4) is 0 Å². The predicted molar refractivity (Wildman–Crippen MR) is 115 cm³/mol. The molecule has 1 aromatic carbocycles. The van der Waals surface area contributed by atoms with Crippen LogP contribution in [-0.4, -0.2) is 68.5 Å². The zero-order chi connectivity index (χ0) is 17.5. The highest BCUT2D eigenvalue weighted by Crippen LogP contribution is 2.13. The van der Waals surface area contributed by atoms with Crippen molar-refractivity contribution in [3.63, 3.8) is 0 Å². The van der Waals surface area contributed by atoms with E-state index in [4.69, 9.17) is 4.99 Å². The van der Waals surface area contributed by atoms with Crippen molar-refractivity contribution in [2.75, 3.05) is 51.7 Å². The van der Waals surface area contributed by atoms with Gasteiger partial charge in [0.2, 0.25) is 5.91 Å². The number of nitrogens with zero attached hydrogens (tertiary/aromatic N) is 4. The number of nitrogens with one attached hydrogen (secondary N) is 1. The first kappa shape index (κ1) is 21.5. The molecular weight excluding hydrogens is 429 g/mol. The molecule has 6 nitrogen and oxygen atoms in total. The summed E-state index contributed by atoms with van der Waals surface area (Å²) in [5.41, 5.74) is 2.38. The maximum absolute atomic E-state index is 11.4. The zero-order valence-corrected chi connectivity index (χ0v) is 18.0. The third kappa shape index (κ3) is 6.37. The molecule has 7 heteroatoms. The SMILES string of the molecule is CCNC(=NCc1ccc(N(C)C)cc1)N1CCN(C(C)=O)CC1.I. The Morgan fingerprint density at radius 3 is 2.16 bits per heavy atom. The van der Waals surface area contributed by atoms with Gasteiger partial charge in [-0.15, -0.1) is 24.0 Å². The third-order valence-corrected chi connectivity index (χ3v) is 4.22. The van der Waals surface area contributed by atoms with Crippen molar-refractivity contribution in [1.82, 2.24) is 15.1 Å². The van der Waals surface area contributed by atoms with Crippen LogP contribution < -0.4 is 10.2 Å². The molecule has 1 N–H and O–H groups in total. The molecule has 0 radical (unpaired) electrons. The molecule has 0 atom stereocenters. The summed E-state index contributed by atoms with van der Waals surface area (Å²) in [4.78, 5) is 22.4. The van der Waals surface area contributed by atoms with E-state index < -0.39 is 0 Å². The Morgan fingerprint density at radius 1 is 1.12 bits per heavy atom. The van der Waals surface area contributed by atoms with Crippen LogP contribution in [0.5, 0.6) is 0 Å². The van der Waals surface area contributed by atoms with E-state index in [-0.39, 0.29) is 29.9 Å². The lowest BCUT2D eigenvalue weighted by molar-refractivity contribution is -0.130. The molecule has 0 bridgehead atoms. The monoisotopic (exact) mass is 459 g/mol. The molecule has 25 heavy (non-hydrogen) atoms. The Labute approximate surface area is 168 Å². The predicted octanol–water partition coefficient (Wildman–Crippen LogP) is 2.00. The normalized spacial score (nSPS) is 14.8. The Bertz CT molecular complexity index is 565. The highest BCUT2D eigenvalue weighted by Gasteiger charge is 2.20. The number of rotatable bonds is 4. The van der Waals surface area contributed by atoms with Crippen molar-refractivity contribution in [2.45, 2.75) is 20.4 Å². The first-order valence-electron chi connectivity index (χ1n) is 8.56. The highest BCUT2D eigenvalue weighted by molar-refractivity contribution is 14.0. The van der Waals surface area contributed by atoms with Gasteiger partial charge in [-0.05, 0) is 24.6 Å². The van der Waals surface area contributed by atoms with Gasteiger partial charge < -0.3 is 20.0 Å². The van der Waals surface area contributed by atoms with E-state index in [0.717, 1.165) is 38.7 Å². The van der Waals surface area contributed by atoms with Gasteiger partial charge in [-0.2, -0.15) is 0 Å². The van der Waals surface area contributed by atoms with E-state index in [9.17, 15) is 4.79 Å². The fourth-order valence-corrected chi connectivity index (χ4v) is 2.72. The van der Waals surface area contributed by atoms with Gasteiger partial charge in [0, 0.05) is 59.4 Å². The van der Waals surface area contributed by atoms with E-state index in [1.54, 1.807) is 6.92 Å². The van der Waals surface area contributed by atoms with Crippen molar-refractivity contribution in [2.24, 2.45) is 4.99 Å². The molecule has 0 aliphatic carbocycles. The molecule has 0 spiro atoms. The number of anilines is 1. The number of piperazine rings is 1. The van der Waals surface area contributed by atoms with Crippen LogP contribution in [0, 0.1) is 0 Å². The fraction of sp³-hybridized carbons (Fsp3) is 0.556. The second-order valence-corrected chi connectivity index (χ2v) is 6.22. The number of hydrogen-bond donors (Lipinski definition) is 1. The van der Waals surface area contributed by atoms with E-state index >= 15 is 0 Å². The molecule has 1 heterocycles. The van der Waals surface area contributed by atoms with Crippen molar-refractivity contribution in [3.05, 3.63) is 29.8 Å². The van der Waals surface area contributed by atoms with Gasteiger partial charge in [0.25, 0.3) is 0 Å². The smallest absolute Gasteiger partial charge is 0.219 e. The minimum absolute atomic E-state index is 0. The molecule has 1 aromatic rings. The largest absolute Gasteiger partial charge is 0.378 e. The molecule has 0 aromatic heterocycles. The maximum atomic E-state index is 11.4. The molecule has 0 saturated carbocycles. The summed E-state index contributed by atoms with van der Waals surface area (Å²) in [7, 11) is 4.08. The fourth-order valence-electron chi connectivity index (χ4n) is 2.72. The number of halogens is 1. The van der Waals surface area contributed by atoms with Gasteiger partial charge in [0.15, 0.2) is 5.96 Å². The highest BCUT2D eigenvalue weighted by atomic mass is 127. The number of amides is 1. The average Bonchev–Trinajstić information content (AvgIpc) is 2.59. The Hall–Kier alpha value is -1.51. The summed E-state index contributed by atoms with van der Waals surface area (Å²) >= 11 is 0. The van der Waals surface area contributed by atoms with Gasteiger partial charge >= 0.3 is 0 Å². The lowest BCUT2D eigenvalue weighted by Crippen LogP contribution is -2.53. The van der Waals surface area contributed by atoms with E-state index in [2.05, 4.69) is 46.3 Å². The first-order chi connectivity index (χ1) is 11.5. The minimum atomic E-state index is 0. The summed E-state index contributed by atoms with van der Waals surface area (Å²) in [5, 5.41) is 3.36. The minimum Gasteiger partial charge on any atom is -0.378 e. The number of aliphatic imine (C=N–C) groups is 1. The Kier molecular flexibility index (Phi) is 9.02. The van der Waals surface area contributed by atoms with Crippen LogP contribution in [0.3, 0.4) is 0 Å². The number of carbonyl (C=O) groups excluding carboxylic acids is 1. The summed E-state index contributed by atoms with van der Waals surface area (Å²) in [5.74, 6) is 1.08. The van der Waals surface area contributed by atoms with Crippen molar-refractivity contribution in [1.29, 1.82) is 0 Å². The summed E-state index contributed by atoms with van der Waals surface area (Å²) < 4.78 is 0. The van der Waals surface area contributed by atoms with E-state index in [0.29, 0.717) is 6.54 Å². The lowest BCUT2D eigenvalue weighted by Gasteiger charge is -2.36. The molecule has 2 rings (SSSR count). The average molecular weight is 459 g/mol. The molecule has 1 saturated heterocycles. The van der Waals surface area contributed by atoms with Crippen LogP contribution in [0.25, 0.3) is 0 Å². The van der Waals surface area contributed by atoms with E-state index in [1.165, 1.54) is 11.3 Å². The summed E-state index contributed by atoms with van der Waals surface area (Å²) in [6.45, 7) is 8.37. The van der Waals surface area contributed by atoms with Gasteiger partial charge in [-0.25, -0.2) is 4.99 Å². The van der Waals surface area contributed by atoms with Gasteiger partial charge in [0.1, 0.15) is 0 Å². The van der Waals surface area contributed by atoms with E-state index in [1.807, 2.05) is 19.0 Å². The van der Waals surface area contributed by atoms with Crippen LogP contribution in [-0.2, 0) is 11.3 Å². The lowest BCUT2D eigenvalue weighted by atomic mass is 10.2. The topological polar surface area (TPSA) is 51.2 Å². The Morgan fingerprint density at radius 2 is 1.68 bits per heavy atom. The standard InChI is InChI=1S/C18H29N5O.HI/c1-5-19-18(23-12-10-22(11-13-23)15(2)24)20-14-16-6-8-17(9-7-16)21(3)4;/h6-9H,5,10-14H2,1-4H3,(H,19,20);1H. The first-order valence-corrected chi connectivity index (χ1v) is 8.56. The number of hydrogen-bond acceptors (Lipinski definition) is 3. The second-order valence-electron chi connectivity index (χ2n) is 6.22. The molecule has 1 fully saturated rings. The molecule has 140 valence electrons. The van der Waals surface area contributed by atoms with Gasteiger partial charge in [-0.3, -0.25) is 4.79 Å². The van der Waals surface area contributed by atoms with Crippen molar-refractivity contribution >= 4 is 41.5 Å². The number of carbonyl (C=O) groups is 1. The van der Waals surface area contributed by atoms with Crippen LogP contribution >= 0.6 is 24.0 Å². The number of benzene rings is 1. The zero-order valence-electron chi connectivity index (χ0n) is 15.7. The van der Waals surface area contributed by atoms with Crippen molar-refractivity contribution < 1.29 is 4.79 Å². The molecule has 0 unspecified atom stereocenters. The number of guanidine groups is 1.